The Bertz CT molecular complexity index is 555. The van der Waals surface area contributed by atoms with Crippen LogP contribution in [0.5, 0.6) is 0 Å². The van der Waals surface area contributed by atoms with Crippen molar-refractivity contribution in [3.8, 4) is 5.69 Å². The van der Waals surface area contributed by atoms with E-state index in [1.54, 1.807) is 16.9 Å². The molecule has 3 N–H and O–H groups in total. The molecular weight excluding hydrogens is 240 g/mol. The lowest BCUT2D eigenvalue weighted by atomic mass is 10.0. The predicted molar refractivity (Wildman–Crippen MR) is 74.2 cm³/mol. The maximum Gasteiger partial charge on any atom is 0.269 e. The molecule has 2 aromatic rings. The molecule has 0 spiro atoms. The van der Waals surface area contributed by atoms with Crippen molar-refractivity contribution in [1.82, 2.24) is 15.1 Å². The minimum absolute atomic E-state index is 0.269. The maximum absolute atomic E-state index is 11.0. The van der Waals surface area contributed by atoms with Crippen LogP contribution in [-0.4, -0.2) is 22.7 Å². The van der Waals surface area contributed by atoms with Crippen LogP contribution in [0, 0.1) is 0 Å². The standard InChI is InChI=1S/C14H18N4O/c1-3-12(16-2)10-4-6-11(7-5-10)18-9-8-13(17-18)14(15)19/h4-9,12,16H,3H2,1-2H3,(H2,15,19). The fourth-order valence-electron chi connectivity index (χ4n) is 2.07. The van der Waals surface area contributed by atoms with E-state index in [0.29, 0.717) is 6.04 Å². The summed E-state index contributed by atoms with van der Waals surface area (Å²) in [4.78, 5) is 11.0. The summed E-state index contributed by atoms with van der Waals surface area (Å²) in [5, 5.41) is 7.38. The third-order valence-electron chi connectivity index (χ3n) is 3.16. The van der Waals surface area contributed by atoms with Crippen LogP contribution in [-0.2, 0) is 0 Å². The van der Waals surface area contributed by atoms with E-state index in [1.807, 2.05) is 19.2 Å². The van der Waals surface area contributed by atoms with Gasteiger partial charge in [0.2, 0.25) is 0 Å². The van der Waals surface area contributed by atoms with Crippen molar-refractivity contribution in [3.63, 3.8) is 0 Å². The number of amides is 1. The Labute approximate surface area is 112 Å². The molecule has 0 radical (unpaired) electrons. The minimum atomic E-state index is -0.517. The van der Waals surface area contributed by atoms with E-state index in [4.69, 9.17) is 5.73 Å². The second-order valence-electron chi connectivity index (χ2n) is 4.35. The second-order valence-corrected chi connectivity index (χ2v) is 4.35. The molecule has 1 heterocycles. The first-order valence-corrected chi connectivity index (χ1v) is 6.28. The highest BCUT2D eigenvalue weighted by Crippen LogP contribution is 2.18. The van der Waals surface area contributed by atoms with Crippen LogP contribution < -0.4 is 11.1 Å². The summed E-state index contributed by atoms with van der Waals surface area (Å²) in [6.45, 7) is 2.14. The molecule has 1 unspecified atom stereocenters. The predicted octanol–water partition coefficient (Wildman–Crippen LogP) is 1.64. The molecule has 1 amide bonds. The van der Waals surface area contributed by atoms with Crippen molar-refractivity contribution in [2.24, 2.45) is 5.73 Å². The van der Waals surface area contributed by atoms with Gasteiger partial charge in [0.25, 0.3) is 5.91 Å². The van der Waals surface area contributed by atoms with Crippen LogP contribution in [0.2, 0.25) is 0 Å². The third-order valence-corrected chi connectivity index (χ3v) is 3.16. The van der Waals surface area contributed by atoms with E-state index in [0.717, 1.165) is 12.1 Å². The number of nitrogens with one attached hydrogen (secondary N) is 1. The first-order chi connectivity index (χ1) is 9.15. The zero-order valence-corrected chi connectivity index (χ0v) is 11.1. The SMILES string of the molecule is CCC(NC)c1ccc(-n2ccc(C(N)=O)n2)cc1. The van der Waals surface area contributed by atoms with Crippen molar-refractivity contribution in [1.29, 1.82) is 0 Å². The van der Waals surface area contributed by atoms with Crippen LogP contribution in [0.4, 0.5) is 0 Å². The molecule has 0 fully saturated rings. The molecule has 1 atom stereocenters. The lowest BCUT2D eigenvalue weighted by molar-refractivity contribution is 0.0995. The van der Waals surface area contributed by atoms with Gasteiger partial charge in [-0.05, 0) is 37.2 Å². The molecular formula is C14H18N4O. The van der Waals surface area contributed by atoms with Gasteiger partial charge in [-0.2, -0.15) is 5.10 Å². The van der Waals surface area contributed by atoms with Crippen molar-refractivity contribution in [2.45, 2.75) is 19.4 Å². The first-order valence-electron chi connectivity index (χ1n) is 6.28. The smallest absolute Gasteiger partial charge is 0.269 e. The number of benzene rings is 1. The number of carbonyl (C=O) groups is 1. The number of nitrogens with two attached hydrogens (primary N) is 1. The monoisotopic (exact) mass is 258 g/mol. The highest BCUT2D eigenvalue weighted by atomic mass is 16.1. The number of hydrogen-bond acceptors (Lipinski definition) is 3. The van der Waals surface area contributed by atoms with Gasteiger partial charge in [-0.25, -0.2) is 4.68 Å². The average molecular weight is 258 g/mol. The van der Waals surface area contributed by atoms with Gasteiger partial charge in [0.1, 0.15) is 5.69 Å². The summed E-state index contributed by atoms with van der Waals surface area (Å²) in [6, 6.07) is 10.0. The van der Waals surface area contributed by atoms with Gasteiger partial charge in [0.15, 0.2) is 0 Å². The Kier molecular flexibility index (Phi) is 3.97. The number of rotatable bonds is 5. The number of hydrogen-bond donors (Lipinski definition) is 2. The topological polar surface area (TPSA) is 72.9 Å². The normalized spacial score (nSPS) is 12.3. The molecule has 0 aliphatic heterocycles. The summed E-state index contributed by atoms with van der Waals surface area (Å²) >= 11 is 0. The summed E-state index contributed by atoms with van der Waals surface area (Å²) < 4.78 is 1.64. The fourth-order valence-corrected chi connectivity index (χ4v) is 2.07. The fraction of sp³-hybridized carbons (Fsp3) is 0.286. The van der Waals surface area contributed by atoms with E-state index < -0.39 is 5.91 Å². The quantitative estimate of drug-likeness (QED) is 0.856. The Hall–Kier alpha value is -2.14. The molecule has 0 aliphatic carbocycles. The number of carbonyl (C=O) groups excluding carboxylic acids is 1. The van der Waals surface area contributed by atoms with Crippen molar-refractivity contribution in [3.05, 3.63) is 47.8 Å². The zero-order chi connectivity index (χ0) is 13.8. The molecule has 0 bridgehead atoms. The molecule has 5 nitrogen and oxygen atoms in total. The summed E-state index contributed by atoms with van der Waals surface area (Å²) in [7, 11) is 1.95. The molecule has 0 saturated carbocycles. The zero-order valence-electron chi connectivity index (χ0n) is 11.1. The summed E-state index contributed by atoms with van der Waals surface area (Å²) in [5.41, 5.74) is 7.59. The van der Waals surface area contributed by atoms with E-state index in [1.165, 1.54) is 5.56 Å². The van der Waals surface area contributed by atoms with Gasteiger partial charge in [-0.3, -0.25) is 4.79 Å². The van der Waals surface area contributed by atoms with E-state index >= 15 is 0 Å². The summed E-state index contributed by atoms with van der Waals surface area (Å²) in [6.07, 6.45) is 2.76. The summed E-state index contributed by atoms with van der Waals surface area (Å²) in [5.74, 6) is -0.517. The van der Waals surface area contributed by atoms with Crippen molar-refractivity contribution in [2.75, 3.05) is 7.05 Å². The first kappa shape index (κ1) is 13.3. The van der Waals surface area contributed by atoms with Gasteiger partial charge in [0.05, 0.1) is 5.69 Å². The lowest BCUT2D eigenvalue weighted by Gasteiger charge is -2.14. The van der Waals surface area contributed by atoms with Crippen LogP contribution in [0.25, 0.3) is 5.69 Å². The third kappa shape index (κ3) is 2.82. The molecule has 1 aromatic carbocycles. The molecule has 19 heavy (non-hydrogen) atoms. The lowest BCUT2D eigenvalue weighted by Crippen LogP contribution is -2.15. The molecule has 0 aliphatic rings. The van der Waals surface area contributed by atoms with Gasteiger partial charge >= 0.3 is 0 Å². The highest BCUT2D eigenvalue weighted by molar-refractivity contribution is 5.90. The molecule has 100 valence electrons. The van der Waals surface area contributed by atoms with E-state index in [9.17, 15) is 4.79 Å². The number of primary amides is 1. The van der Waals surface area contributed by atoms with Crippen molar-refractivity contribution >= 4 is 5.91 Å². The Morgan fingerprint density at radius 1 is 1.37 bits per heavy atom. The highest BCUT2D eigenvalue weighted by Gasteiger charge is 2.08. The largest absolute Gasteiger partial charge is 0.364 e. The molecule has 1 aromatic heterocycles. The van der Waals surface area contributed by atoms with E-state index in [-0.39, 0.29) is 5.69 Å². The molecule has 5 heteroatoms. The van der Waals surface area contributed by atoms with Crippen LogP contribution in [0.3, 0.4) is 0 Å². The maximum atomic E-state index is 11.0. The van der Waals surface area contributed by atoms with Crippen LogP contribution in [0.1, 0.15) is 35.4 Å². The average Bonchev–Trinajstić information content (AvgIpc) is 2.91. The van der Waals surface area contributed by atoms with E-state index in [2.05, 4.69) is 29.5 Å². The van der Waals surface area contributed by atoms with Gasteiger partial charge in [-0.1, -0.05) is 19.1 Å². The van der Waals surface area contributed by atoms with Gasteiger partial charge in [-0.15, -0.1) is 0 Å². The molecule has 0 saturated heterocycles. The van der Waals surface area contributed by atoms with Gasteiger partial charge < -0.3 is 11.1 Å². The Balaban J connectivity index is 2.24. The number of aromatic nitrogens is 2. The molecule has 2 rings (SSSR count). The second kappa shape index (κ2) is 5.67. The van der Waals surface area contributed by atoms with Crippen LogP contribution in [0.15, 0.2) is 36.5 Å². The van der Waals surface area contributed by atoms with Gasteiger partial charge in [0, 0.05) is 12.2 Å². The minimum Gasteiger partial charge on any atom is -0.364 e. The van der Waals surface area contributed by atoms with Crippen molar-refractivity contribution < 1.29 is 4.79 Å². The Morgan fingerprint density at radius 3 is 2.53 bits per heavy atom. The number of nitrogens with zero attached hydrogens (tertiary/aromatic N) is 2. The van der Waals surface area contributed by atoms with Crippen LogP contribution >= 0.6 is 0 Å². The Morgan fingerprint density at radius 2 is 2.05 bits per heavy atom.